The van der Waals surface area contributed by atoms with Gasteiger partial charge in [0.25, 0.3) is 0 Å². The lowest BCUT2D eigenvalue weighted by Gasteiger charge is -2.18. The molecule has 112 valence electrons. The Kier molecular flexibility index (Phi) is 3.87. The van der Waals surface area contributed by atoms with Crippen molar-refractivity contribution < 1.29 is 17.6 Å². The molecule has 1 atom stereocenters. The van der Waals surface area contributed by atoms with E-state index in [-0.39, 0.29) is 11.4 Å². The Bertz CT molecular complexity index is 648. The molecule has 0 radical (unpaired) electrons. The van der Waals surface area contributed by atoms with E-state index in [4.69, 9.17) is 11.5 Å². The summed E-state index contributed by atoms with van der Waals surface area (Å²) >= 11 is 0. The Balaban J connectivity index is 2.56. The Labute approximate surface area is 118 Å². The fraction of sp³-hybridized carbons (Fsp3) is 0.214. The van der Waals surface area contributed by atoms with Crippen molar-refractivity contribution >= 4 is 5.82 Å². The highest BCUT2D eigenvalue weighted by Crippen LogP contribution is 2.34. The molecule has 0 aliphatic rings. The topological polar surface area (TPSA) is 64.9 Å². The summed E-state index contributed by atoms with van der Waals surface area (Å²) in [6, 6.07) is 2.61. The summed E-state index contributed by atoms with van der Waals surface area (Å²) in [6.45, 7) is 1.68. The van der Waals surface area contributed by atoms with Crippen molar-refractivity contribution in [3.63, 3.8) is 0 Å². The Hall–Kier alpha value is -2.15. The van der Waals surface area contributed by atoms with Crippen molar-refractivity contribution in [2.75, 3.05) is 5.73 Å². The summed E-state index contributed by atoms with van der Waals surface area (Å²) in [5.74, 6) is -0.752. The fourth-order valence-corrected chi connectivity index (χ4v) is 2.11. The summed E-state index contributed by atoms with van der Waals surface area (Å²) in [6.07, 6.45) is -3.12. The molecular weight excluding hydrogens is 286 g/mol. The first kappa shape index (κ1) is 15.2. The largest absolute Gasteiger partial charge is 0.416 e. The summed E-state index contributed by atoms with van der Waals surface area (Å²) < 4.78 is 52.0. The molecular formula is C14H13F4N3. The number of rotatable bonds is 2. The number of nitrogen functional groups attached to an aromatic ring is 1. The maximum Gasteiger partial charge on any atom is 0.416 e. The highest BCUT2D eigenvalue weighted by Gasteiger charge is 2.32. The third kappa shape index (κ3) is 2.97. The number of hydrogen-bond donors (Lipinski definition) is 2. The fourth-order valence-electron chi connectivity index (χ4n) is 2.11. The van der Waals surface area contributed by atoms with Crippen molar-refractivity contribution in [2.45, 2.75) is 19.1 Å². The maximum absolute atomic E-state index is 13.8. The second kappa shape index (κ2) is 5.33. The lowest BCUT2D eigenvalue weighted by Crippen LogP contribution is -2.19. The van der Waals surface area contributed by atoms with Gasteiger partial charge in [-0.1, -0.05) is 0 Å². The lowest BCUT2D eigenvalue weighted by atomic mass is 9.94. The van der Waals surface area contributed by atoms with Gasteiger partial charge in [-0.05, 0) is 36.8 Å². The number of halogens is 4. The average Bonchev–Trinajstić information content (AvgIpc) is 2.37. The molecule has 2 aromatic rings. The molecule has 2 rings (SSSR count). The Morgan fingerprint density at radius 3 is 2.43 bits per heavy atom. The van der Waals surface area contributed by atoms with Gasteiger partial charge < -0.3 is 11.5 Å². The third-order valence-electron chi connectivity index (χ3n) is 3.21. The van der Waals surface area contributed by atoms with Gasteiger partial charge in [0.15, 0.2) is 0 Å². The standard InChI is InChI=1S/C14H13F4N3/c1-7-4-5-21-13(20)11(7)12(19)9-6-8(14(16,17)18)2-3-10(9)15/h2-6,12H,19H2,1H3,(H2,20,21). The van der Waals surface area contributed by atoms with Gasteiger partial charge in [-0.15, -0.1) is 0 Å². The quantitative estimate of drug-likeness (QED) is 0.837. The van der Waals surface area contributed by atoms with E-state index in [0.29, 0.717) is 23.3 Å². The van der Waals surface area contributed by atoms with E-state index >= 15 is 0 Å². The molecule has 0 aliphatic carbocycles. The van der Waals surface area contributed by atoms with Gasteiger partial charge in [0.05, 0.1) is 11.6 Å². The molecule has 0 saturated carbocycles. The van der Waals surface area contributed by atoms with Crippen LogP contribution in [0.15, 0.2) is 30.5 Å². The van der Waals surface area contributed by atoms with Crippen molar-refractivity contribution in [1.29, 1.82) is 0 Å². The van der Waals surface area contributed by atoms with Gasteiger partial charge in [-0.3, -0.25) is 0 Å². The molecule has 1 heterocycles. The van der Waals surface area contributed by atoms with E-state index in [1.54, 1.807) is 13.0 Å². The van der Waals surface area contributed by atoms with Crippen LogP contribution in [0.3, 0.4) is 0 Å². The number of alkyl halides is 3. The minimum absolute atomic E-state index is 0.0688. The summed E-state index contributed by atoms with van der Waals surface area (Å²) in [5, 5.41) is 0. The summed E-state index contributed by atoms with van der Waals surface area (Å²) in [5.41, 5.74) is 11.3. The van der Waals surface area contributed by atoms with E-state index in [9.17, 15) is 17.6 Å². The minimum atomic E-state index is -4.57. The molecule has 0 bridgehead atoms. The highest BCUT2D eigenvalue weighted by atomic mass is 19.4. The summed E-state index contributed by atoms with van der Waals surface area (Å²) in [7, 11) is 0. The van der Waals surface area contributed by atoms with Gasteiger partial charge in [0, 0.05) is 17.3 Å². The highest BCUT2D eigenvalue weighted by molar-refractivity contribution is 5.50. The molecule has 4 N–H and O–H groups in total. The van der Waals surface area contributed by atoms with E-state index in [1.807, 2.05) is 0 Å². The molecule has 0 saturated heterocycles. The maximum atomic E-state index is 13.8. The average molecular weight is 299 g/mol. The molecule has 0 spiro atoms. The number of aromatic nitrogens is 1. The van der Waals surface area contributed by atoms with Gasteiger partial charge in [0.2, 0.25) is 0 Å². The molecule has 7 heteroatoms. The van der Waals surface area contributed by atoms with E-state index in [0.717, 1.165) is 6.07 Å². The van der Waals surface area contributed by atoms with Crippen LogP contribution in [0, 0.1) is 12.7 Å². The number of aryl methyl sites for hydroxylation is 1. The van der Waals surface area contributed by atoms with Gasteiger partial charge >= 0.3 is 6.18 Å². The Morgan fingerprint density at radius 1 is 1.19 bits per heavy atom. The van der Waals surface area contributed by atoms with E-state index in [1.165, 1.54) is 6.20 Å². The monoisotopic (exact) mass is 299 g/mol. The molecule has 1 aromatic carbocycles. The molecule has 0 aliphatic heterocycles. The number of hydrogen-bond acceptors (Lipinski definition) is 3. The molecule has 1 unspecified atom stereocenters. The zero-order valence-corrected chi connectivity index (χ0v) is 11.1. The van der Waals surface area contributed by atoms with Gasteiger partial charge in [-0.2, -0.15) is 13.2 Å². The first-order valence-corrected chi connectivity index (χ1v) is 6.05. The zero-order chi connectivity index (χ0) is 15.8. The molecule has 21 heavy (non-hydrogen) atoms. The van der Waals surface area contributed by atoms with Crippen LogP contribution in [0.2, 0.25) is 0 Å². The number of benzene rings is 1. The molecule has 3 nitrogen and oxygen atoms in total. The van der Waals surface area contributed by atoms with Crippen LogP contribution < -0.4 is 11.5 Å². The van der Waals surface area contributed by atoms with Crippen molar-refractivity contribution in [3.8, 4) is 0 Å². The normalized spacial score (nSPS) is 13.2. The van der Waals surface area contributed by atoms with Crippen LogP contribution in [0.25, 0.3) is 0 Å². The van der Waals surface area contributed by atoms with Crippen LogP contribution in [-0.2, 0) is 6.18 Å². The first-order valence-electron chi connectivity index (χ1n) is 6.05. The van der Waals surface area contributed by atoms with Crippen LogP contribution in [-0.4, -0.2) is 4.98 Å². The minimum Gasteiger partial charge on any atom is -0.383 e. The van der Waals surface area contributed by atoms with E-state index < -0.39 is 23.6 Å². The van der Waals surface area contributed by atoms with Crippen molar-refractivity contribution in [1.82, 2.24) is 4.98 Å². The first-order chi connectivity index (χ1) is 9.71. The SMILES string of the molecule is Cc1ccnc(N)c1C(N)c1cc(C(F)(F)F)ccc1F. The van der Waals surface area contributed by atoms with Gasteiger partial charge in [0.1, 0.15) is 11.6 Å². The predicted octanol–water partition coefficient (Wildman–Crippen LogP) is 3.18. The van der Waals surface area contributed by atoms with Crippen molar-refractivity contribution in [3.05, 3.63) is 58.5 Å². The van der Waals surface area contributed by atoms with Crippen molar-refractivity contribution in [2.24, 2.45) is 5.73 Å². The number of nitrogens with two attached hydrogens (primary N) is 2. The number of pyridine rings is 1. The van der Waals surface area contributed by atoms with Crippen LogP contribution in [0.5, 0.6) is 0 Å². The second-order valence-electron chi connectivity index (χ2n) is 4.64. The van der Waals surface area contributed by atoms with E-state index in [2.05, 4.69) is 4.98 Å². The predicted molar refractivity (Wildman–Crippen MR) is 70.8 cm³/mol. The number of nitrogens with zero attached hydrogens (tertiary/aromatic N) is 1. The molecule has 0 amide bonds. The number of anilines is 1. The van der Waals surface area contributed by atoms with Crippen LogP contribution in [0.4, 0.5) is 23.4 Å². The van der Waals surface area contributed by atoms with Crippen LogP contribution >= 0.6 is 0 Å². The summed E-state index contributed by atoms with van der Waals surface area (Å²) in [4.78, 5) is 3.84. The smallest absolute Gasteiger partial charge is 0.383 e. The lowest BCUT2D eigenvalue weighted by molar-refractivity contribution is -0.137. The zero-order valence-electron chi connectivity index (χ0n) is 11.1. The second-order valence-corrected chi connectivity index (χ2v) is 4.64. The molecule has 0 fully saturated rings. The van der Waals surface area contributed by atoms with Crippen LogP contribution in [0.1, 0.15) is 28.3 Å². The van der Waals surface area contributed by atoms with Gasteiger partial charge in [-0.25, -0.2) is 9.37 Å². The third-order valence-corrected chi connectivity index (χ3v) is 3.21. The molecule has 1 aromatic heterocycles. The Morgan fingerprint density at radius 2 is 1.86 bits per heavy atom.